The number of rotatable bonds is 3. The van der Waals surface area contributed by atoms with Crippen molar-refractivity contribution in [3.05, 3.63) is 35.9 Å². The van der Waals surface area contributed by atoms with Crippen LogP contribution in [0.2, 0.25) is 0 Å². The summed E-state index contributed by atoms with van der Waals surface area (Å²) >= 11 is 0. The molecule has 1 aromatic heterocycles. The third-order valence-corrected chi connectivity index (χ3v) is 4.09. The Labute approximate surface area is 127 Å². The minimum absolute atomic E-state index is 0.389. The maximum Gasteiger partial charge on any atom is 0.421 e. The first-order chi connectivity index (χ1) is 10.3. The summed E-state index contributed by atoms with van der Waals surface area (Å²) in [6.45, 7) is 0. The Morgan fingerprint density at radius 2 is 1.52 bits per heavy atom. The van der Waals surface area contributed by atoms with Crippen LogP contribution in [0.3, 0.4) is 0 Å². The number of nitrogens with zero attached hydrogens (tertiary/aromatic N) is 2. The molecule has 1 aromatic carbocycles. The molecule has 0 spiro atoms. The van der Waals surface area contributed by atoms with Gasteiger partial charge in [0.15, 0.2) is 0 Å². The Morgan fingerprint density at radius 1 is 1.00 bits per heavy atom. The predicted octanol–water partition coefficient (Wildman–Crippen LogP) is 1.47. The molecule has 0 saturated carbocycles. The summed E-state index contributed by atoms with van der Waals surface area (Å²) in [7, 11) is -10.9. The molecule has 23 heavy (non-hydrogen) atoms. The zero-order valence-corrected chi connectivity index (χ0v) is 12.4. The smallest absolute Gasteiger partial charge is 0.281 e. The lowest BCUT2D eigenvalue weighted by atomic mass is 10.1. The molecular formula is C10H7F3N2O6S2. The van der Waals surface area contributed by atoms with Gasteiger partial charge in [0.25, 0.3) is 0 Å². The fourth-order valence-corrected chi connectivity index (χ4v) is 3.15. The first-order valence-electron chi connectivity index (χ1n) is 5.54. The number of hydrogen-bond acceptors (Lipinski definition) is 5. The van der Waals surface area contributed by atoms with E-state index >= 15 is 0 Å². The molecule has 0 aliphatic carbocycles. The molecule has 2 aromatic rings. The van der Waals surface area contributed by atoms with E-state index in [1.165, 1.54) is 18.2 Å². The quantitative estimate of drug-likeness (QED) is 0.781. The largest absolute Gasteiger partial charge is 0.421 e. The molecule has 0 aliphatic heterocycles. The van der Waals surface area contributed by atoms with Crippen LogP contribution in [0.1, 0.15) is 5.56 Å². The van der Waals surface area contributed by atoms with Crippen molar-refractivity contribution in [3.63, 3.8) is 0 Å². The van der Waals surface area contributed by atoms with Crippen molar-refractivity contribution >= 4 is 20.4 Å². The maximum absolute atomic E-state index is 13.2. The van der Waals surface area contributed by atoms with Crippen molar-refractivity contribution in [2.75, 3.05) is 0 Å². The van der Waals surface area contributed by atoms with Crippen LogP contribution in [-0.2, 0) is 26.6 Å². The van der Waals surface area contributed by atoms with Crippen molar-refractivity contribution in [1.29, 1.82) is 0 Å². The van der Waals surface area contributed by atoms with E-state index in [0.29, 0.717) is 0 Å². The standard InChI is InChI=1S/C10H7F3N2O6S2/c11-10(12,13)7-8(6-4-2-1-3-5-6)15(23(19,20)21)14-9(7)22(16,17)18/h1-5H,(H,16,17,18)(H,19,20,21). The number of halogens is 3. The van der Waals surface area contributed by atoms with E-state index in [1.54, 1.807) is 0 Å². The third kappa shape index (κ3) is 3.36. The summed E-state index contributed by atoms with van der Waals surface area (Å²) in [5, 5.41) is 0.787. The molecule has 126 valence electrons. The monoisotopic (exact) mass is 372 g/mol. The Hall–Kier alpha value is -1.96. The molecule has 0 amide bonds. The van der Waals surface area contributed by atoms with Crippen LogP contribution in [0.4, 0.5) is 13.2 Å². The van der Waals surface area contributed by atoms with Crippen LogP contribution in [0.25, 0.3) is 11.3 Å². The van der Waals surface area contributed by atoms with Crippen LogP contribution in [0.15, 0.2) is 35.4 Å². The summed E-state index contributed by atoms with van der Waals surface area (Å²) in [5.41, 5.74) is -3.64. The molecule has 0 aliphatic rings. The summed E-state index contributed by atoms with van der Waals surface area (Å²) in [6.07, 6.45) is -5.38. The molecular weight excluding hydrogens is 365 g/mol. The Balaban J connectivity index is 3.06. The van der Waals surface area contributed by atoms with Gasteiger partial charge in [-0.3, -0.25) is 9.11 Å². The summed E-state index contributed by atoms with van der Waals surface area (Å²) in [6, 6.07) is 6.01. The van der Waals surface area contributed by atoms with Crippen LogP contribution in [0.5, 0.6) is 0 Å². The van der Waals surface area contributed by atoms with Crippen LogP contribution < -0.4 is 0 Å². The van der Waals surface area contributed by atoms with Gasteiger partial charge in [0.05, 0.1) is 0 Å². The lowest BCUT2D eigenvalue weighted by molar-refractivity contribution is -0.139. The van der Waals surface area contributed by atoms with Gasteiger partial charge in [-0.05, 0) is 0 Å². The first-order valence-corrected chi connectivity index (χ1v) is 8.38. The Bertz CT molecular complexity index is 948. The van der Waals surface area contributed by atoms with E-state index in [4.69, 9.17) is 9.11 Å². The highest BCUT2D eigenvalue weighted by Crippen LogP contribution is 2.41. The second kappa shape index (κ2) is 5.30. The van der Waals surface area contributed by atoms with Crippen molar-refractivity contribution in [3.8, 4) is 11.3 Å². The zero-order valence-electron chi connectivity index (χ0n) is 10.8. The lowest BCUT2D eigenvalue weighted by Crippen LogP contribution is -2.15. The highest BCUT2D eigenvalue weighted by molar-refractivity contribution is 7.86. The summed E-state index contributed by atoms with van der Waals surface area (Å²) in [4.78, 5) is 0. The minimum Gasteiger partial charge on any atom is -0.281 e. The van der Waals surface area contributed by atoms with Crippen LogP contribution in [0, 0.1) is 0 Å². The third-order valence-electron chi connectivity index (χ3n) is 2.62. The second-order valence-electron chi connectivity index (χ2n) is 4.19. The second-order valence-corrected chi connectivity index (χ2v) is 6.77. The first kappa shape index (κ1) is 17.4. The number of alkyl halides is 3. The van der Waals surface area contributed by atoms with Crippen molar-refractivity contribution in [2.45, 2.75) is 11.2 Å². The van der Waals surface area contributed by atoms with E-state index < -0.39 is 47.0 Å². The topological polar surface area (TPSA) is 127 Å². The van der Waals surface area contributed by atoms with E-state index in [9.17, 15) is 30.0 Å². The molecule has 8 nitrogen and oxygen atoms in total. The van der Waals surface area contributed by atoms with Gasteiger partial charge in [0, 0.05) is 5.56 Å². The van der Waals surface area contributed by atoms with Crippen LogP contribution in [-0.4, -0.2) is 35.1 Å². The van der Waals surface area contributed by atoms with Gasteiger partial charge in [0.2, 0.25) is 5.03 Å². The van der Waals surface area contributed by atoms with Crippen molar-refractivity contribution < 1.29 is 39.1 Å². The van der Waals surface area contributed by atoms with Gasteiger partial charge in [-0.25, -0.2) is 0 Å². The van der Waals surface area contributed by atoms with Crippen LogP contribution >= 0.6 is 0 Å². The van der Waals surface area contributed by atoms with Crippen molar-refractivity contribution in [2.24, 2.45) is 0 Å². The van der Waals surface area contributed by atoms with Gasteiger partial charge >= 0.3 is 26.6 Å². The average Bonchev–Trinajstić information content (AvgIpc) is 2.79. The molecule has 0 unspecified atom stereocenters. The van der Waals surface area contributed by atoms with Gasteiger partial charge in [-0.1, -0.05) is 30.3 Å². The van der Waals surface area contributed by atoms with Gasteiger partial charge in [-0.2, -0.15) is 30.0 Å². The Kier molecular flexibility index (Phi) is 4.00. The fourth-order valence-electron chi connectivity index (χ4n) is 1.83. The maximum atomic E-state index is 13.2. The molecule has 0 atom stereocenters. The van der Waals surface area contributed by atoms with E-state index in [0.717, 1.165) is 12.1 Å². The molecule has 2 rings (SSSR count). The van der Waals surface area contributed by atoms with Gasteiger partial charge < -0.3 is 0 Å². The van der Waals surface area contributed by atoms with Crippen molar-refractivity contribution in [1.82, 2.24) is 9.19 Å². The summed E-state index contributed by atoms with van der Waals surface area (Å²) in [5.74, 6) is 0. The molecule has 2 N–H and O–H groups in total. The fraction of sp³-hybridized carbons (Fsp3) is 0.100. The zero-order chi connectivity index (χ0) is 17.6. The van der Waals surface area contributed by atoms with Gasteiger partial charge in [0.1, 0.15) is 11.3 Å². The summed E-state index contributed by atoms with van der Waals surface area (Å²) < 4.78 is 102. The molecule has 0 radical (unpaired) electrons. The number of hydrogen-bond donors (Lipinski definition) is 2. The normalized spacial score (nSPS) is 13.3. The molecule has 0 saturated heterocycles. The lowest BCUT2D eigenvalue weighted by Gasteiger charge is -2.10. The molecule has 0 bridgehead atoms. The van der Waals surface area contributed by atoms with E-state index in [-0.39, 0.29) is 5.56 Å². The SMILES string of the molecule is O=S(=O)(O)c1nn(S(=O)(=O)O)c(-c2ccccc2)c1C(F)(F)F. The van der Waals surface area contributed by atoms with E-state index in [1.807, 2.05) is 0 Å². The Morgan fingerprint density at radius 3 is 1.91 bits per heavy atom. The highest BCUT2D eigenvalue weighted by atomic mass is 32.2. The highest BCUT2D eigenvalue weighted by Gasteiger charge is 2.45. The number of aromatic nitrogens is 2. The van der Waals surface area contributed by atoms with Gasteiger partial charge in [-0.15, -0.1) is 9.19 Å². The molecule has 0 fully saturated rings. The molecule has 13 heteroatoms. The minimum atomic E-state index is -5.51. The predicted molar refractivity (Wildman–Crippen MR) is 69.4 cm³/mol. The molecule has 1 heterocycles. The average molecular weight is 372 g/mol. The van der Waals surface area contributed by atoms with E-state index in [2.05, 4.69) is 5.10 Å². The number of benzene rings is 1.